The fourth-order valence-electron chi connectivity index (χ4n) is 3.15. The van der Waals surface area contributed by atoms with E-state index < -0.39 is 0 Å². The van der Waals surface area contributed by atoms with Crippen LogP contribution in [0.4, 0.5) is 0 Å². The molecule has 4 rings (SSSR count). The molecular weight excluding hydrogens is 278 g/mol. The molecule has 0 saturated heterocycles. The molecular formula is C17H17N3O2. The topological polar surface area (TPSA) is 48.5 Å². The van der Waals surface area contributed by atoms with Crippen LogP contribution in [-0.2, 0) is 12.8 Å². The van der Waals surface area contributed by atoms with Gasteiger partial charge in [0, 0.05) is 24.2 Å². The molecule has 2 aromatic heterocycles. The largest absolute Gasteiger partial charge is 0.497 e. The van der Waals surface area contributed by atoms with E-state index in [0.717, 1.165) is 36.4 Å². The van der Waals surface area contributed by atoms with Crippen LogP contribution in [0.3, 0.4) is 0 Å². The number of methoxy groups -OCH3 is 1. The fourth-order valence-corrected chi connectivity index (χ4v) is 3.15. The van der Waals surface area contributed by atoms with Crippen LogP contribution in [0.25, 0.3) is 11.3 Å². The zero-order valence-electron chi connectivity index (χ0n) is 12.5. The first-order valence-electron chi connectivity index (χ1n) is 7.54. The molecule has 5 nitrogen and oxygen atoms in total. The van der Waals surface area contributed by atoms with Crippen molar-refractivity contribution in [3.05, 3.63) is 58.4 Å². The molecule has 0 N–H and O–H groups in total. The van der Waals surface area contributed by atoms with Crippen LogP contribution >= 0.6 is 0 Å². The third kappa shape index (κ3) is 1.93. The Kier molecular flexibility index (Phi) is 2.99. The highest BCUT2D eigenvalue weighted by atomic mass is 16.5. The summed E-state index contributed by atoms with van der Waals surface area (Å²) in [4.78, 5) is 17.4. The minimum absolute atomic E-state index is 0.0925. The molecule has 112 valence electrons. The molecule has 0 aliphatic heterocycles. The quantitative estimate of drug-likeness (QED) is 0.729. The van der Waals surface area contributed by atoms with Crippen molar-refractivity contribution in [2.45, 2.75) is 25.7 Å². The highest BCUT2D eigenvalue weighted by Crippen LogP contribution is 2.21. The average molecular weight is 295 g/mol. The number of imidazole rings is 1. The fraction of sp³-hybridized carbons (Fsp3) is 0.294. The Labute approximate surface area is 127 Å². The second-order valence-electron chi connectivity index (χ2n) is 5.58. The SMILES string of the molecule is COc1cccc(-n2ccn3c4c(nc3c2=O)CCCC4)c1. The van der Waals surface area contributed by atoms with Crippen molar-refractivity contribution in [1.29, 1.82) is 0 Å². The molecule has 0 fully saturated rings. The van der Waals surface area contributed by atoms with Crippen molar-refractivity contribution < 1.29 is 4.74 Å². The normalized spacial score (nSPS) is 14.0. The van der Waals surface area contributed by atoms with E-state index in [1.54, 1.807) is 17.9 Å². The molecule has 0 spiro atoms. The Hall–Kier alpha value is -2.56. The van der Waals surface area contributed by atoms with Crippen LogP contribution in [0.15, 0.2) is 41.5 Å². The van der Waals surface area contributed by atoms with Gasteiger partial charge in [0.1, 0.15) is 5.75 Å². The first-order chi connectivity index (χ1) is 10.8. The molecule has 5 heteroatoms. The van der Waals surface area contributed by atoms with Crippen molar-refractivity contribution in [3.8, 4) is 11.4 Å². The number of nitrogens with zero attached hydrogens (tertiary/aromatic N) is 3. The van der Waals surface area contributed by atoms with Gasteiger partial charge in [-0.15, -0.1) is 0 Å². The lowest BCUT2D eigenvalue weighted by Gasteiger charge is -2.11. The van der Waals surface area contributed by atoms with Gasteiger partial charge in [0.25, 0.3) is 5.56 Å². The maximum atomic E-state index is 12.8. The van der Waals surface area contributed by atoms with E-state index >= 15 is 0 Å². The van der Waals surface area contributed by atoms with Gasteiger partial charge in [0.15, 0.2) is 0 Å². The first-order valence-corrected chi connectivity index (χ1v) is 7.54. The molecule has 0 unspecified atom stereocenters. The molecule has 22 heavy (non-hydrogen) atoms. The van der Waals surface area contributed by atoms with E-state index in [9.17, 15) is 4.79 Å². The monoisotopic (exact) mass is 295 g/mol. The summed E-state index contributed by atoms with van der Waals surface area (Å²) in [5.41, 5.74) is 3.47. The molecule has 1 aliphatic rings. The summed E-state index contributed by atoms with van der Waals surface area (Å²) in [6.07, 6.45) is 8.03. The van der Waals surface area contributed by atoms with Crippen molar-refractivity contribution >= 4 is 5.65 Å². The van der Waals surface area contributed by atoms with Crippen molar-refractivity contribution in [1.82, 2.24) is 14.0 Å². The lowest BCUT2D eigenvalue weighted by molar-refractivity contribution is 0.414. The molecule has 2 heterocycles. The lowest BCUT2D eigenvalue weighted by Crippen LogP contribution is -2.20. The van der Waals surface area contributed by atoms with Gasteiger partial charge in [0.2, 0.25) is 5.65 Å². The summed E-state index contributed by atoms with van der Waals surface area (Å²) in [6.45, 7) is 0. The zero-order valence-corrected chi connectivity index (χ0v) is 12.5. The Morgan fingerprint density at radius 2 is 2.05 bits per heavy atom. The van der Waals surface area contributed by atoms with Crippen LogP contribution in [0, 0.1) is 0 Å². The van der Waals surface area contributed by atoms with Crippen molar-refractivity contribution in [2.24, 2.45) is 0 Å². The van der Waals surface area contributed by atoms with Gasteiger partial charge in [0.05, 0.1) is 18.5 Å². The Balaban J connectivity index is 1.93. The molecule has 0 radical (unpaired) electrons. The smallest absolute Gasteiger partial charge is 0.298 e. The van der Waals surface area contributed by atoms with E-state index in [-0.39, 0.29) is 5.56 Å². The maximum Gasteiger partial charge on any atom is 0.298 e. The van der Waals surface area contributed by atoms with E-state index in [4.69, 9.17) is 4.74 Å². The van der Waals surface area contributed by atoms with Gasteiger partial charge in [-0.3, -0.25) is 13.8 Å². The molecule has 0 bridgehead atoms. The van der Waals surface area contributed by atoms with Crippen molar-refractivity contribution in [2.75, 3.05) is 7.11 Å². The minimum atomic E-state index is -0.0925. The summed E-state index contributed by atoms with van der Waals surface area (Å²) in [5.74, 6) is 0.729. The number of aromatic nitrogens is 3. The molecule has 1 aromatic carbocycles. The predicted molar refractivity (Wildman–Crippen MR) is 84.0 cm³/mol. The van der Waals surface area contributed by atoms with E-state index in [1.165, 1.54) is 12.1 Å². The highest BCUT2D eigenvalue weighted by molar-refractivity contribution is 5.46. The third-order valence-electron chi connectivity index (χ3n) is 4.28. The Morgan fingerprint density at radius 1 is 1.18 bits per heavy atom. The Bertz CT molecular complexity index is 908. The summed E-state index contributed by atoms with van der Waals surface area (Å²) >= 11 is 0. The molecule has 0 atom stereocenters. The average Bonchev–Trinajstić information content (AvgIpc) is 2.95. The Morgan fingerprint density at radius 3 is 2.91 bits per heavy atom. The minimum Gasteiger partial charge on any atom is -0.497 e. The molecule has 1 aliphatic carbocycles. The number of hydrogen-bond donors (Lipinski definition) is 0. The highest BCUT2D eigenvalue weighted by Gasteiger charge is 2.18. The van der Waals surface area contributed by atoms with Gasteiger partial charge < -0.3 is 4.74 Å². The van der Waals surface area contributed by atoms with Gasteiger partial charge in [-0.25, -0.2) is 4.98 Å². The van der Waals surface area contributed by atoms with Gasteiger partial charge in [-0.05, 0) is 37.8 Å². The molecule has 3 aromatic rings. The van der Waals surface area contributed by atoms with Crippen LogP contribution in [0.2, 0.25) is 0 Å². The van der Waals surface area contributed by atoms with Gasteiger partial charge >= 0.3 is 0 Å². The predicted octanol–water partition coefficient (Wildman–Crippen LogP) is 2.37. The number of rotatable bonds is 2. The number of benzene rings is 1. The summed E-state index contributed by atoms with van der Waals surface area (Å²) in [5, 5.41) is 0. The van der Waals surface area contributed by atoms with Crippen LogP contribution in [0.1, 0.15) is 24.2 Å². The van der Waals surface area contributed by atoms with Crippen molar-refractivity contribution in [3.63, 3.8) is 0 Å². The van der Waals surface area contributed by atoms with Gasteiger partial charge in [-0.1, -0.05) is 6.07 Å². The maximum absolute atomic E-state index is 12.8. The standard InChI is InChI=1S/C17H17N3O2/c1-22-13-6-4-5-12(11-13)19-9-10-20-15-8-3-2-7-14(15)18-16(20)17(19)21/h4-6,9-11H,2-3,7-8H2,1H3. The van der Waals surface area contributed by atoms with Crippen LogP contribution < -0.4 is 10.3 Å². The lowest BCUT2D eigenvalue weighted by atomic mass is 10.0. The first kappa shape index (κ1) is 13.1. The van der Waals surface area contributed by atoms with Crippen LogP contribution in [-0.4, -0.2) is 21.1 Å². The zero-order chi connectivity index (χ0) is 15.1. The van der Waals surface area contributed by atoms with E-state index in [0.29, 0.717) is 5.65 Å². The second-order valence-corrected chi connectivity index (χ2v) is 5.58. The summed E-state index contributed by atoms with van der Waals surface area (Å²) in [6, 6.07) is 7.48. The number of aryl methyl sites for hydroxylation is 2. The number of fused-ring (bicyclic) bond motifs is 3. The summed E-state index contributed by atoms with van der Waals surface area (Å²) < 4.78 is 8.81. The summed E-state index contributed by atoms with van der Waals surface area (Å²) in [7, 11) is 1.62. The third-order valence-corrected chi connectivity index (χ3v) is 4.28. The molecule has 0 saturated carbocycles. The van der Waals surface area contributed by atoms with Crippen LogP contribution in [0.5, 0.6) is 5.75 Å². The number of ether oxygens (including phenoxy) is 1. The molecule has 0 amide bonds. The van der Waals surface area contributed by atoms with Gasteiger partial charge in [-0.2, -0.15) is 0 Å². The number of hydrogen-bond acceptors (Lipinski definition) is 3. The van der Waals surface area contributed by atoms with E-state index in [1.807, 2.05) is 34.9 Å². The van der Waals surface area contributed by atoms with E-state index in [2.05, 4.69) is 4.98 Å². The second kappa shape index (κ2) is 5.02.